The van der Waals surface area contributed by atoms with Gasteiger partial charge in [-0.25, -0.2) is 9.18 Å². The van der Waals surface area contributed by atoms with Crippen LogP contribution in [0.5, 0.6) is 0 Å². The van der Waals surface area contributed by atoms with E-state index in [0.717, 1.165) is 11.3 Å². The van der Waals surface area contributed by atoms with Crippen molar-refractivity contribution in [3.8, 4) is 10.4 Å². The summed E-state index contributed by atoms with van der Waals surface area (Å²) < 4.78 is 14.0. The number of nitrogen functional groups attached to an aromatic ring is 1. The molecule has 0 aliphatic carbocycles. The first-order valence-corrected chi connectivity index (χ1v) is 6.60. The van der Waals surface area contributed by atoms with Crippen molar-refractivity contribution in [1.29, 1.82) is 0 Å². The van der Waals surface area contributed by atoms with Gasteiger partial charge in [0.05, 0.1) is 5.69 Å². The van der Waals surface area contributed by atoms with Gasteiger partial charge in [0.25, 0.3) is 0 Å². The topological polar surface area (TPSA) is 63.3 Å². The largest absolute Gasteiger partial charge is 0.477 e. The summed E-state index contributed by atoms with van der Waals surface area (Å²) in [5.74, 6) is -1.45. The highest BCUT2D eigenvalue weighted by Gasteiger charge is 2.20. The van der Waals surface area contributed by atoms with Gasteiger partial charge in [-0.2, -0.15) is 0 Å². The monoisotopic (exact) mass is 329 g/mol. The molecule has 94 valence electrons. The highest BCUT2D eigenvalue weighted by atomic mass is 79.9. The lowest BCUT2D eigenvalue weighted by Gasteiger charge is -2.03. The predicted octanol–water partition coefficient (Wildman–Crippen LogP) is 3.91. The van der Waals surface area contributed by atoms with Crippen LogP contribution in [0.3, 0.4) is 0 Å². The summed E-state index contributed by atoms with van der Waals surface area (Å²) >= 11 is 4.37. The first-order chi connectivity index (χ1) is 8.41. The third-order valence-corrected chi connectivity index (χ3v) is 4.58. The van der Waals surface area contributed by atoms with Crippen LogP contribution in [-0.4, -0.2) is 11.1 Å². The molecule has 18 heavy (non-hydrogen) atoms. The number of hydrogen-bond acceptors (Lipinski definition) is 3. The van der Waals surface area contributed by atoms with Gasteiger partial charge >= 0.3 is 5.97 Å². The van der Waals surface area contributed by atoms with Gasteiger partial charge in [-0.05, 0) is 30.7 Å². The van der Waals surface area contributed by atoms with E-state index < -0.39 is 5.97 Å². The zero-order chi connectivity index (χ0) is 13.4. The fourth-order valence-electron chi connectivity index (χ4n) is 1.61. The van der Waals surface area contributed by atoms with E-state index in [1.54, 1.807) is 13.0 Å². The Morgan fingerprint density at radius 1 is 1.50 bits per heavy atom. The molecule has 0 aliphatic rings. The Morgan fingerprint density at radius 3 is 2.72 bits per heavy atom. The van der Waals surface area contributed by atoms with Crippen LogP contribution in [-0.2, 0) is 0 Å². The van der Waals surface area contributed by atoms with E-state index in [1.807, 2.05) is 0 Å². The van der Waals surface area contributed by atoms with E-state index in [4.69, 9.17) is 10.8 Å². The molecule has 0 saturated carbocycles. The van der Waals surface area contributed by atoms with E-state index in [1.165, 1.54) is 12.1 Å². The molecule has 0 fully saturated rings. The molecule has 0 saturated heterocycles. The van der Waals surface area contributed by atoms with Crippen molar-refractivity contribution in [3.63, 3.8) is 0 Å². The maximum Gasteiger partial charge on any atom is 0.348 e. The number of carboxylic acids is 1. The van der Waals surface area contributed by atoms with Crippen molar-refractivity contribution in [2.75, 3.05) is 5.73 Å². The lowest BCUT2D eigenvalue weighted by atomic mass is 10.1. The van der Waals surface area contributed by atoms with E-state index in [2.05, 4.69) is 15.9 Å². The number of anilines is 1. The molecule has 0 bridgehead atoms. The summed E-state index contributed by atoms with van der Waals surface area (Å²) in [6.07, 6.45) is 0. The van der Waals surface area contributed by atoms with Crippen LogP contribution < -0.4 is 5.73 Å². The quantitative estimate of drug-likeness (QED) is 0.878. The third-order valence-electron chi connectivity index (χ3n) is 2.56. The molecule has 0 spiro atoms. The SMILES string of the molecule is Cc1c(-c2cc(F)ccc2Br)sc(C(=O)O)c1N. The van der Waals surface area contributed by atoms with Crippen LogP contribution >= 0.6 is 27.3 Å². The van der Waals surface area contributed by atoms with Crippen molar-refractivity contribution in [2.45, 2.75) is 6.92 Å². The van der Waals surface area contributed by atoms with Crippen molar-refractivity contribution >= 4 is 38.9 Å². The summed E-state index contributed by atoms with van der Waals surface area (Å²) in [4.78, 5) is 11.8. The number of carbonyl (C=O) groups is 1. The second-order valence-corrected chi connectivity index (χ2v) is 5.60. The van der Waals surface area contributed by atoms with Gasteiger partial charge < -0.3 is 10.8 Å². The van der Waals surface area contributed by atoms with Crippen LogP contribution in [0.2, 0.25) is 0 Å². The second kappa shape index (κ2) is 4.70. The van der Waals surface area contributed by atoms with E-state index in [-0.39, 0.29) is 16.4 Å². The van der Waals surface area contributed by atoms with Gasteiger partial charge in [0.15, 0.2) is 0 Å². The maximum atomic E-state index is 13.3. The predicted molar refractivity (Wildman–Crippen MR) is 73.5 cm³/mol. The van der Waals surface area contributed by atoms with Crippen LogP contribution in [0.1, 0.15) is 15.2 Å². The van der Waals surface area contributed by atoms with Gasteiger partial charge in [-0.3, -0.25) is 0 Å². The molecule has 1 aromatic carbocycles. The number of halogens is 2. The minimum atomic E-state index is -1.07. The fourth-order valence-corrected chi connectivity index (χ4v) is 3.29. The minimum absolute atomic E-state index is 0.0821. The summed E-state index contributed by atoms with van der Waals surface area (Å²) in [7, 11) is 0. The normalized spacial score (nSPS) is 10.6. The average molecular weight is 330 g/mol. The van der Waals surface area contributed by atoms with Crippen LogP contribution in [0.15, 0.2) is 22.7 Å². The molecule has 1 aromatic heterocycles. The average Bonchev–Trinajstić information content (AvgIpc) is 2.60. The van der Waals surface area contributed by atoms with Gasteiger partial charge in [0.1, 0.15) is 10.7 Å². The molecule has 6 heteroatoms. The third kappa shape index (κ3) is 2.13. The van der Waals surface area contributed by atoms with Crippen LogP contribution in [0.25, 0.3) is 10.4 Å². The molecule has 3 N–H and O–H groups in total. The molecule has 0 radical (unpaired) electrons. The van der Waals surface area contributed by atoms with E-state index in [0.29, 0.717) is 20.5 Å². The number of thiophene rings is 1. The van der Waals surface area contributed by atoms with E-state index >= 15 is 0 Å². The summed E-state index contributed by atoms with van der Waals surface area (Å²) in [6, 6.07) is 4.27. The number of carboxylic acid groups (broad SMARTS) is 1. The first kappa shape index (κ1) is 13.0. The lowest BCUT2D eigenvalue weighted by molar-refractivity contribution is 0.0703. The summed E-state index contributed by atoms with van der Waals surface area (Å²) in [5, 5.41) is 9.02. The Labute approximate surface area is 115 Å². The number of benzene rings is 1. The minimum Gasteiger partial charge on any atom is -0.477 e. The van der Waals surface area contributed by atoms with Crippen LogP contribution in [0.4, 0.5) is 10.1 Å². The molecule has 0 atom stereocenters. The van der Waals surface area contributed by atoms with Gasteiger partial charge in [-0.15, -0.1) is 11.3 Å². The Morgan fingerprint density at radius 2 is 2.17 bits per heavy atom. The van der Waals surface area contributed by atoms with E-state index in [9.17, 15) is 9.18 Å². The Bertz CT molecular complexity index is 639. The Hall–Kier alpha value is -1.40. The Balaban J connectivity index is 2.68. The number of aromatic carboxylic acids is 1. The molecule has 3 nitrogen and oxygen atoms in total. The molecular weight excluding hydrogens is 321 g/mol. The number of nitrogens with two attached hydrogens (primary N) is 1. The molecule has 0 unspecified atom stereocenters. The van der Waals surface area contributed by atoms with Crippen molar-refractivity contribution in [1.82, 2.24) is 0 Å². The highest BCUT2D eigenvalue weighted by Crippen LogP contribution is 2.41. The first-order valence-electron chi connectivity index (χ1n) is 4.99. The second-order valence-electron chi connectivity index (χ2n) is 3.73. The molecule has 2 aromatic rings. The summed E-state index contributed by atoms with van der Waals surface area (Å²) in [6.45, 7) is 1.73. The van der Waals surface area contributed by atoms with Gasteiger partial charge in [0.2, 0.25) is 0 Å². The smallest absolute Gasteiger partial charge is 0.348 e. The molecule has 0 aliphatic heterocycles. The molecular formula is C12H9BrFNO2S. The van der Waals surface area contributed by atoms with Gasteiger partial charge in [0, 0.05) is 14.9 Å². The van der Waals surface area contributed by atoms with Crippen LogP contribution in [0, 0.1) is 12.7 Å². The number of rotatable bonds is 2. The highest BCUT2D eigenvalue weighted by molar-refractivity contribution is 9.10. The standard InChI is InChI=1S/C12H9BrFNO2S/c1-5-9(15)11(12(16)17)18-10(5)7-4-6(14)2-3-8(7)13/h2-4H,15H2,1H3,(H,16,17). The number of hydrogen-bond donors (Lipinski definition) is 2. The summed E-state index contributed by atoms with van der Waals surface area (Å²) in [5.41, 5.74) is 7.25. The van der Waals surface area contributed by atoms with Crippen molar-refractivity contribution < 1.29 is 14.3 Å². The zero-order valence-corrected chi connectivity index (χ0v) is 11.7. The molecule has 2 rings (SSSR count). The lowest BCUT2D eigenvalue weighted by Crippen LogP contribution is -1.97. The van der Waals surface area contributed by atoms with Gasteiger partial charge in [-0.1, -0.05) is 15.9 Å². The fraction of sp³-hybridized carbons (Fsp3) is 0.0833. The van der Waals surface area contributed by atoms with Crippen molar-refractivity contribution in [2.24, 2.45) is 0 Å². The molecule has 0 amide bonds. The van der Waals surface area contributed by atoms with Crippen molar-refractivity contribution in [3.05, 3.63) is 38.9 Å². The molecule has 1 heterocycles. The maximum absolute atomic E-state index is 13.3. The zero-order valence-electron chi connectivity index (χ0n) is 9.33. The Kier molecular flexibility index (Phi) is 3.41.